The fraction of sp³-hybridized carbons (Fsp3) is 0.545. The Balaban J connectivity index is 3.15. The summed E-state index contributed by atoms with van der Waals surface area (Å²) in [7, 11) is 0. The third-order valence-corrected chi connectivity index (χ3v) is 1.69. The first kappa shape index (κ1) is 11.9. The Bertz CT molecular complexity index is 181. The van der Waals surface area contributed by atoms with Gasteiger partial charge in [0, 0.05) is 6.42 Å². The number of hydrogen-bond donors (Lipinski definition) is 1. The van der Waals surface area contributed by atoms with Crippen LogP contribution in [-0.2, 0) is 4.79 Å². The standard InChI is InChI=1S/C11H18O2/c1-2-3-4-5-6-7-8-9-10-11(12)13/h2-3,5-6H,4,7-10H2,1H3,(H,12,13)/b3-2+,6-5-. The molecule has 0 fully saturated rings. The van der Waals surface area contributed by atoms with Crippen LogP contribution in [0, 0.1) is 0 Å². The van der Waals surface area contributed by atoms with Crippen molar-refractivity contribution in [3.8, 4) is 0 Å². The van der Waals surface area contributed by atoms with Crippen LogP contribution < -0.4 is 0 Å². The first-order valence-corrected chi connectivity index (χ1v) is 4.75. The van der Waals surface area contributed by atoms with Gasteiger partial charge in [0.2, 0.25) is 0 Å². The predicted molar refractivity (Wildman–Crippen MR) is 54.7 cm³/mol. The van der Waals surface area contributed by atoms with E-state index < -0.39 is 5.97 Å². The Morgan fingerprint density at radius 2 is 2.00 bits per heavy atom. The van der Waals surface area contributed by atoms with Crippen molar-refractivity contribution in [2.45, 2.75) is 39.0 Å². The molecule has 0 aliphatic heterocycles. The molecule has 0 radical (unpaired) electrons. The van der Waals surface area contributed by atoms with Crippen LogP contribution in [-0.4, -0.2) is 11.1 Å². The summed E-state index contributed by atoms with van der Waals surface area (Å²) in [4.78, 5) is 10.1. The highest BCUT2D eigenvalue weighted by Crippen LogP contribution is 2.01. The monoisotopic (exact) mass is 182 g/mol. The summed E-state index contributed by atoms with van der Waals surface area (Å²) >= 11 is 0. The molecular formula is C11H18O2. The van der Waals surface area contributed by atoms with Crippen LogP contribution in [0.25, 0.3) is 0 Å². The Hall–Kier alpha value is -1.05. The van der Waals surface area contributed by atoms with E-state index in [9.17, 15) is 4.79 Å². The fourth-order valence-corrected chi connectivity index (χ4v) is 0.967. The van der Waals surface area contributed by atoms with Crippen LogP contribution >= 0.6 is 0 Å². The van der Waals surface area contributed by atoms with Gasteiger partial charge in [0.25, 0.3) is 0 Å². The number of aliphatic carboxylic acids is 1. The van der Waals surface area contributed by atoms with Crippen molar-refractivity contribution < 1.29 is 9.90 Å². The zero-order chi connectivity index (χ0) is 9.94. The first-order chi connectivity index (χ1) is 6.27. The molecule has 2 heteroatoms. The van der Waals surface area contributed by atoms with E-state index in [1.54, 1.807) is 0 Å². The highest BCUT2D eigenvalue weighted by atomic mass is 16.4. The molecule has 74 valence electrons. The third kappa shape index (κ3) is 10.9. The van der Waals surface area contributed by atoms with Gasteiger partial charge in [0.15, 0.2) is 0 Å². The van der Waals surface area contributed by atoms with Crippen LogP contribution in [0.5, 0.6) is 0 Å². The van der Waals surface area contributed by atoms with E-state index in [0.29, 0.717) is 6.42 Å². The SMILES string of the molecule is C/C=C/C/C=C\CCCCC(=O)O. The minimum Gasteiger partial charge on any atom is -0.481 e. The zero-order valence-corrected chi connectivity index (χ0v) is 8.20. The second-order valence-corrected chi connectivity index (χ2v) is 2.92. The topological polar surface area (TPSA) is 37.3 Å². The van der Waals surface area contributed by atoms with Crippen LogP contribution in [0.1, 0.15) is 39.0 Å². The molecule has 0 rings (SSSR count). The summed E-state index contributed by atoms with van der Waals surface area (Å²) in [6.45, 7) is 2.00. The number of unbranched alkanes of at least 4 members (excludes halogenated alkanes) is 2. The number of carbonyl (C=O) groups is 1. The predicted octanol–water partition coefficient (Wildman–Crippen LogP) is 3.15. The Labute approximate surface area is 80.0 Å². The molecule has 1 N–H and O–H groups in total. The molecule has 0 spiro atoms. The Morgan fingerprint density at radius 3 is 2.62 bits per heavy atom. The maximum absolute atomic E-state index is 10.1. The van der Waals surface area contributed by atoms with Crippen LogP contribution in [0.2, 0.25) is 0 Å². The maximum Gasteiger partial charge on any atom is 0.303 e. The lowest BCUT2D eigenvalue weighted by Crippen LogP contribution is -1.92. The molecule has 0 bridgehead atoms. The highest BCUT2D eigenvalue weighted by molar-refractivity contribution is 5.66. The van der Waals surface area contributed by atoms with Crippen molar-refractivity contribution >= 4 is 5.97 Å². The second kappa shape index (κ2) is 9.04. The minimum absolute atomic E-state index is 0.294. The van der Waals surface area contributed by atoms with Gasteiger partial charge in [0.05, 0.1) is 0 Å². The third-order valence-electron chi connectivity index (χ3n) is 1.69. The molecule has 0 amide bonds. The molecule has 2 nitrogen and oxygen atoms in total. The van der Waals surface area contributed by atoms with E-state index in [0.717, 1.165) is 25.7 Å². The zero-order valence-electron chi connectivity index (χ0n) is 8.20. The quantitative estimate of drug-likeness (QED) is 0.485. The van der Waals surface area contributed by atoms with Gasteiger partial charge in [-0.1, -0.05) is 24.3 Å². The van der Waals surface area contributed by atoms with Crippen molar-refractivity contribution in [2.24, 2.45) is 0 Å². The van der Waals surface area contributed by atoms with Crippen LogP contribution in [0.15, 0.2) is 24.3 Å². The van der Waals surface area contributed by atoms with Crippen LogP contribution in [0.4, 0.5) is 0 Å². The molecule has 0 saturated carbocycles. The summed E-state index contributed by atoms with van der Waals surface area (Å²) in [6.07, 6.45) is 12.4. The molecule has 0 aromatic heterocycles. The minimum atomic E-state index is -0.696. The summed E-state index contributed by atoms with van der Waals surface area (Å²) in [5, 5.41) is 8.36. The van der Waals surface area contributed by atoms with E-state index in [1.807, 2.05) is 13.0 Å². The first-order valence-electron chi connectivity index (χ1n) is 4.75. The lowest BCUT2D eigenvalue weighted by atomic mass is 10.2. The molecule has 0 aliphatic carbocycles. The van der Waals surface area contributed by atoms with Gasteiger partial charge in [0.1, 0.15) is 0 Å². The van der Waals surface area contributed by atoms with E-state index in [-0.39, 0.29) is 0 Å². The second-order valence-electron chi connectivity index (χ2n) is 2.92. The average molecular weight is 182 g/mol. The normalized spacial score (nSPS) is 11.5. The van der Waals surface area contributed by atoms with E-state index in [4.69, 9.17) is 5.11 Å². The largest absolute Gasteiger partial charge is 0.481 e. The van der Waals surface area contributed by atoms with Gasteiger partial charge in [-0.2, -0.15) is 0 Å². The smallest absolute Gasteiger partial charge is 0.303 e. The number of carboxylic acids is 1. The highest BCUT2D eigenvalue weighted by Gasteiger charge is 1.93. The summed E-state index contributed by atoms with van der Waals surface area (Å²) in [5.41, 5.74) is 0. The van der Waals surface area contributed by atoms with Gasteiger partial charge in [-0.3, -0.25) is 4.79 Å². The molecule has 0 aromatic rings. The van der Waals surface area contributed by atoms with E-state index >= 15 is 0 Å². The number of hydrogen-bond acceptors (Lipinski definition) is 1. The maximum atomic E-state index is 10.1. The number of allylic oxidation sites excluding steroid dienone is 4. The van der Waals surface area contributed by atoms with E-state index in [2.05, 4.69) is 18.2 Å². The van der Waals surface area contributed by atoms with Crippen molar-refractivity contribution in [3.05, 3.63) is 24.3 Å². The number of rotatable bonds is 7. The number of carboxylic acid groups (broad SMARTS) is 1. The molecule has 0 aliphatic rings. The lowest BCUT2D eigenvalue weighted by molar-refractivity contribution is -0.137. The van der Waals surface area contributed by atoms with Crippen molar-refractivity contribution in [1.82, 2.24) is 0 Å². The van der Waals surface area contributed by atoms with Gasteiger partial charge in [-0.05, 0) is 32.6 Å². The molecule has 0 unspecified atom stereocenters. The summed E-state index contributed by atoms with van der Waals surface area (Å²) in [6, 6.07) is 0. The van der Waals surface area contributed by atoms with Crippen molar-refractivity contribution in [2.75, 3.05) is 0 Å². The fourth-order valence-electron chi connectivity index (χ4n) is 0.967. The van der Waals surface area contributed by atoms with Gasteiger partial charge in [-0.15, -0.1) is 0 Å². The van der Waals surface area contributed by atoms with Crippen molar-refractivity contribution in [3.63, 3.8) is 0 Å². The van der Waals surface area contributed by atoms with Gasteiger partial charge < -0.3 is 5.11 Å². The molecule has 0 aromatic carbocycles. The van der Waals surface area contributed by atoms with E-state index in [1.165, 1.54) is 0 Å². The lowest BCUT2D eigenvalue weighted by Gasteiger charge is -1.92. The van der Waals surface area contributed by atoms with Gasteiger partial charge >= 0.3 is 5.97 Å². The average Bonchev–Trinajstić information content (AvgIpc) is 2.09. The summed E-state index contributed by atoms with van der Waals surface area (Å²) < 4.78 is 0. The molecular weight excluding hydrogens is 164 g/mol. The summed E-state index contributed by atoms with van der Waals surface area (Å²) in [5.74, 6) is -0.696. The molecule has 13 heavy (non-hydrogen) atoms. The molecule has 0 heterocycles. The van der Waals surface area contributed by atoms with Crippen molar-refractivity contribution in [1.29, 1.82) is 0 Å². The van der Waals surface area contributed by atoms with Crippen LogP contribution in [0.3, 0.4) is 0 Å². The molecule has 0 atom stereocenters. The molecule has 0 saturated heterocycles. The Kier molecular flexibility index (Phi) is 8.31. The van der Waals surface area contributed by atoms with Gasteiger partial charge in [-0.25, -0.2) is 0 Å². The Morgan fingerprint density at radius 1 is 1.23 bits per heavy atom.